The van der Waals surface area contributed by atoms with E-state index in [0.29, 0.717) is 41.6 Å². The summed E-state index contributed by atoms with van der Waals surface area (Å²) in [6.45, 7) is -0.300. The summed E-state index contributed by atoms with van der Waals surface area (Å²) in [5, 5.41) is 13.1. The molecule has 11 heteroatoms. The maximum atomic E-state index is 13.0. The van der Waals surface area contributed by atoms with E-state index in [9.17, 15) is 26.4 Å². The van der Waals surface area contributed by atoms with Crippen LogP contribution in [-0.2, 0) is 34.0 Å². The molecular weight excluding hydrogens is 459 g/mol. The molecule has 3 aromatic rings. The highest BCUT2D eigenvalue weighted by atomic mass is 32.2. The molecule has 0 radical (unpaired) electrons. The van der Waals surface area contributed by atoms with Gasteiger partial charge in [0.25, 0.3) is 0 Å². The van der Waals surface area contributed by atoms with Crippen LogP contribution in [0.3, 0.4) is 0 Å². The number of rotatable bonds is 6. The van der Waals surface area contributed by atoms with E-state index >= 15 is 0 Å². The third-order valence-electron chi connectivity index (χ3n) is 5.53. The van der Waals surface area contributed by atoms with Gasteiger partial charge in [-0.3, -0.25) is 9.48 Å². The van der Waals surface area contributed by atoms with Crippen molar-refractivity contribution in [1.29, 1.82) is 0 Å². The zero-order valence-electron chi connectivity index (χ0n) is 17.2. The van der Waals surface area contributed by atoms with E-state index in [1.54, 1.807) is 0 Å². The Labute approximate surface area is 187 Å². The Hall–Kier alpha value is -3.18. The van der Waals surface area contributed by atoms with Crippen molar-refractivity contribution in [1.82, 2.24) is 14.5 Å². The monoisotopic (exact) mass is 479 g/mol. The number of alkyl halides is 3. The van der Waals surface area contributed by atoms with Crippen molar-refractivity contribution < 1.29 is 31.5 Å². The fourth-order valence-corrected chi connectivity index (χ4v) is 5.21. The smallest absolute Gasteiger partial charge is 0.416 e. The summed E-state index contributed by atoms with van der Waals surface area (Å²) < 4.78 is 68.8. The number of nitrogens with one attached hydrogen (secondary N) is 1. The van der Waals surface area contributed by atoms with Crippen molar-refractivity contribution in [3.63, 3.8) is 0 Å². The molecule has 0 aliphatic heterocycles. The van der Waals surface area contributed by atoms with E-state index in [1.165, 1.54) is 47.3 Å². The van der Waals surface area contributed by atoms with Crippen LogP contribution in [-0.4, -0.2) is 29.3 Å². The molecule has 0 saturated carbocycles. The molecular formula is C22H20F3N3O4S. The van der Waals surface area contributed by atoms with Gasteiger partial charge in [-0.05, 0) is 54.7 Å². The number of nitrogens with zero attached hydrogens (tertiary/aromatic N) is 2. The number of carboxylic acids is 1. The molecule has 7 nitrogen and oxygen atoms in total. The molecule has 1 heterocycles. The van der Waals surface area contributed by atoms with Crippen LogP contribution in [0.15, 0.2) is 59.6 Å². The van der Waals surface area contributed by atoms with Crippen molar-refractivity contribution in [2.24, 2.45) is 0 Å². The SMILES string of the molecule is O=C(O)Cn1ncc2c1CCC[C@H]2NS(=O)(=O)c1ccc(-c2cccc(C(F)(F)F)c2)cc1. The van der Waals surface area contributed by atoms with Crippen LogP contribution in [0.4, 0.5) is 13.2 Å². The van der Waals surface area contributed by atoms with Gasteiger partial charge in [-0.1, -0.05) is 24.3 Å². The second-order valence-corrected chi connectivity index (χ2v) is 9.48. The molecule has 33 heavy (non-hydrogen) atoms. The summed E-state index contributed by atoms with van der Waals surface area (Å²) in [6, 6.07) is 9.87. The van der Waals surface area contributed by atoms with Gasteiger partial charge in [0.15, 0.2) is 0 Å². The minimum Gasteiger partial charge on any atom is -0.480 e. The minimum atomic E-state index is -4.47. The number of aliphatic carboxylic acids is 1. The average Bonchev–Trinajstić information content (AvgIpc) is 3.16. The molecule has 0 fully saturated rings. The summed E-state index contributed by atoms with van der Waals surface area (Å²) in [7, 11) is -3.93. The quantitative estimate of drug-likeness (QED) is 0.556. The van der Waals surface area contributed by atoms with Gasteiger partial charge in [0, 0.05) is 11.3 Å². The standard InChI is InChI=1S/C22H20F3N3O4S/c23-22(24,25)16-4-1-3-15(11-16)14-7-9-17(10-8-14)33(31,32)27-19-5-2-6-20-18(19)12-26-28(20)13-21(29)30/h1,3-4,7-12,19,27H,2,5-6,13H2,(H,29,30)/t19-/m1/s1. The summed E-state index contributed by atoms with van der Waals surface area (Å²) in [4.78, 5) is 11.0. The molecule has 0 amide bonds. The van der Waals surface area contributed by atoms with Crippen LogP contribution in [0.5, 0.6) is 0 Å². The molecule has 0 saturated heterocycles. The van der Waals surface area contributed by atoms with E-state index in [0.717, 1.165) is 12.1 Å². The maximum Gasteiger partial charge on any atom is 0.416 e. The van der Waals surface area contributed by atoms with E-state index in [2.05, 4.69) is 9.82 Å². The molecule has 0 unspecified atom stereocenters. The number of hydrogen-bond acceptors (Lipinski definition) is 4. The first kappa shape index (κ1) is 23.0. The molecule has 2 N–H and O–H groups in total. The Bertz CT molecular complexity index is 1280. The van der Waals surface area contributed by atoms with Crippen molar-refractivity contribution in [3.05, 3.63) is 71.5 Å². The summed E-state index contributed by atoms with van der Waals surface area (Å²) in [5.41, 5.74) is 1.33. The lowest BCUT2D eigenvalue weighted by Crippen LogP contribution is -2.31. The van der Waals surface area contributed by atoms with Crippen molar-refractivity contribution >= 4 is 16.0 Å². The van der Waals surface area contributed by atoms with Gasteiger partial charge in [-0.15, -0.1) is 0 Å². The topological polar surface area (TPSA) is 101 Å². The summed E-state index contributed by atoms with van der Waals surface area (Å²) >= 11 is 0. The first-order valence-corrected chi connectivity index (χ1v) is 11.6. The van der Waals surface area contributed by atoms with Crippen LogP contribution in [0, 0.1) is 0 Å². The number of sulfonamides is 1. The molecule has 0 bridgehead atoms. The lowest BCUT2D eigenvalue weighted by Gasteiger charge is -2.24. The Kier molecular flexibility index (Phi) is 6.02. The van der Waals surface area contributed by atoms with Crippen LogP contribution < -0.4 is 4.72 Å². The number of carboxylic acid groups (broad SMARTS) is 1. The van der Waals surface area contributed by atoms with E-state index in [-0.39, 0.29) is 11.4 Å². The third-order valence-corrected chi connectivity index (χ3v) is 7.02. The predicted octanol–water partition coefficient (Wildman–Crippen LogP) is 4.01. The second kappa shape index (κ2) is 8.64. The van der Waals surface area contributed by atoms with Gasteiger partial charge in [-0.2, -0.15) is 18.3 Å². The van der Waals surface area contributed by atoms with Crippen LogP contribution in [0.1, 0.15) is 35.7 Å². The molecule has 1 aromatic heterocycles. The first-order chi connectivity index (χ1) is 15.5. The van der Waals surface area contributed by atoms with Gasteiger partial charge in [0.05, 0.1) is 22.7 Å². The fraction of sp³-hybridized carbons (Fsp3) is 0.273. The number of halogens is 3. The predicted molar refractivity (Wildman–Crippen MR) is 113 cm³/mol. The Morgan fingerprint density at radius 1 is 1.15 bits per heavy atom. The lowest BCUT2D eigenvalue weighted by molar-refractivity contribution is -0.138. The first-order valence-electron chi connectivity index (χ1n) is 10.1. The van der Waals surface area contributed by atoms with Gasteiger partial charge < -0.3 is 5.11 Å². The van der Waals surface area contributed by atoms with Crippen LogP contribution in [0.2, 0.25) is 0 Å². The number of benzene rings is 2. The second-order valence-electron chi connectivity index (χ2n) is 7.77. The van der Waals surface area contributed by atoms with E-state index in [1.807, 2.05) is 0 Å². The summed E-state index contributed by atoms with van der Waals surface area (Å²) in [6.07, 6.45) is -1.18. The number of carbonyl (C=O) groups is 1. The molecule has 4 rings (SSSR count). The summed E-state index contributed by atoms with van der Waals surface area (Å²) in [5.74, 6) is -1.04. The third kappa shape index (κ3) is 4.93. The largest absolute Gasteiger partial charge is 0.480 e. The highest BCUT2D eigenvalue weighted by molar-refractivity contribution is 7.89. The molecule has 0 spiro atoms. The molecule has 1 aliphatic carbocycles. The zero-order valence-corrected chi connectivity index (χ0v) is 18.0. The normalized spacial score (nSPS) is 16.4. The van der Waals surface area contributed by atoms with Crippen molar-refractivity contribution in [3.8, 4) is 11.1 Å². The highest BCUT2D eigenvalue weighted by Crippen LogP contribution is 2.33. The Morgan fingerprint density at radius 2 is 1.88 bits per heavy atom. The maximum absolute atomic E-state index is 13.0. The fourth-order valence-electron chi connectivity index (χ4n) is 3.96. The zero-order chi connectivity index (χ0) is 23.8. The van der Waals surface area contributed by atoms with Gasteiger partial charge in [0.2, 0.25) is 10.0 Å². The van der Waals surface area contributed by atoms with Gasteiger partial charge >= 0.3 is 12.1 Å². The lowest BCUT2D eigenvalue weighted by atomic mass is 9.94. The van der Waals surface area contributed by atoms with Gasteiger partial charge in [-0.25, -0.2) is 13.1 Å². The van der Waals surface area contributed by atoms with Crippen LogP contribution >= 0.6 is 0 Å². The highest BCUT2D eigenvalue weighted by Gasteiger charge is 2.31. The molecule has 1 aliphatic rings. The number of aromatic nitrogens is 2. The Morgan fingerprint density at radius 3 is 2.55 bits per heavy atom. The average molecular weight is 479 g/mol. The van der Waals surface area contributed by atoms with Gasteiger partial charge in [0.1, 0.15) is 6.54 Å². The van der Waals surface area contributed by atoms with E-state index in [4.69, 9.17) is 5.11 Å². The van der Waals surface area contributed by atoms with Crippen LogP contribution in [0.25, 0.3) is 11.1 Å². The minimum absolute atomic E-state index is 0.0247. The number of fused-ring (bicyclic) bond motifs is 1. The van der Waals surface area contributed by atoms with Crippen molar-refractivity contribution in [2.75, 3.05) is 0 Å². The molecule has 1 atom stereocenters. The molecule has 2 aromatic carbocycles. The van der Waals surface area contributed by atoms with Crippen molar-refractivity contribution in [2.45, 2.75) is 42.9 Å². The molecule has 174 valence electrons. The Balaban J connectivity index is 1.55. The van der Waals surface area contributed by atoms with E-state index < -0.39 is 33.8 Å². The number of hydrogen-bond donors (Lipinski definition) is 2.